The van der Waals surface area contributed by atoms with Crippen molar-refractivity contribution in [3.05, 3.63) is 164 Å². The minimum atomic E-state index is 0.655. The van der Waals surface area contributed by atoms with Crippen LogP contribution in [-0.4, -0.2) is 15.0 Å². The molecule has 0 radical (unpaired) electrons. The summed E-state index contributed by atoms with van der Waals surface area (Å²) in [5.41, 5.74) is 10.6. The monoisotopic (exact) mass is 657 g/mol. The van der Waals surface area contributed by atoms with Crippen LogP contribution in [0.2, 0.25) is 0 Å². The van der Waals surface area contributed by atoms with Gasteiger partial charge in [-0.25, -0.2) is 9.97 Å². The molecule has 0 fully saturated rings. The summed E-state index contributed by atoms with van der Waals surface area (Å²) in [5.74, 6) is 0.655. The van der Waals surface area contributed by atoms with E-state index in [2.05, 4.69) is 120 Å². The molecule has 0 saturated carbocycles. The molecule has 4 aromatic heterocycles. The van der Waals surface area contributed by atoms with Gasteiger partial charge >= 0.3 is 0 Å². The number of furan rings is 1. The van der Waals surface area contributed by atoms with E-state index in [0.717, 1.165) is 66.7 Å². The molecule has 50 heavy (non-hydrogen) atoms. The first-order valence-electron chi connectivity index (χ1n) is 16.6. The van der Waals surface area contributed by atoms with Crippen molar-refractivity contribution < 1.29 is 4.42 Å². The molecule has 0 N–H and O–H groups in total. The first-order chi connectivity index (χ1) is 24.8. The Labute approximate surface area is 292 Å². The molecule has 0 amide bonds. The number of benzene rings is 6. The van der Waals surface area contributed by atoms with Crippen LogP contribution in [0.1, 0.15) is 0 Å². The lowest BCUT2D eigenvalue weighted by molar-refractivity contribution is 0.670. The van der Waals surface area contributed by atoms with E-state index >= 15 is 0 Å². The Hall–Kier alpha value is -6.43. The third kappa shape index (κ3) is 4.63. The molecule has 4 heterocycles. The van der Waals surface area contributed by atoms with Crippen LogP contribution in [0.3, 0.4) is 0 Å². The molecule has 4 nitrogen and oxygen atoms in total. The SMILES string of the molecule is c1ccc(-c2nc(-c3ccccc3-c3cccnc3)cc(-c3ccc(-c4cccc5c4sc4ccccc45)c4c3oc3ccccc34)n2)cc1. The lowest BCUT2D eigenvalue weighted by Gasteiger charge is -2.14. The number of pyridine rings is 1. The van der Waals surface area contributed by atoms with E-state index < -0.39 is 0 Å². The van der Waals surface area contributed by atoms with Crippen molar-refractivity contribution in [1.82, 2.24) is 15.0 Å². The molecular weight excluding hydrogens is 631 g/mol. The van der Waals surface area contributed by atoms with Gasteiger partial charge in [-0.2, -0.15) is 0 Å². The van der Waals surface area contributed by atoms with E-state index in [0.29, 0.717) is 5.82 Å². The second-order valence-corrected chi connectivity index (χ2v) is 13.4. The van der Waals surface area contributed by atoms with Gasteiger partial charge < -0.3 is 4.42 Å². The molecule has 5 heteroatoms. The molecule has 0 aliphatic rings. The summed E-state index contributed by atoms with van der Waals surface area (Å²) in [5, 5.41) is 4.72. The standard InChI is InChI=1S/C45H27N3OS/c1-2-12-28(13-3-1)45-47-38(31-16-5-4-15-30(31)29-14-11-25-46-27-29)26-39(48-45)36-24-23-33(42-37-18-6-8-21-40(37)49-43(36)42)35-20-10-19-34-32-17-7-9-22-41(32)50-44(34)35/h1-27H. The van der Waals surface area contributed by atoms with E-state index in [1.807, 2.05) is 53.9 Å². The number of nitrogens with zero attached hydrogens (tertiary/aromatic N) is 3. The van der Waals surface area contributed by atoms with Gasteiger partial charge in [-0.1, -0.05) is 121 Å². The Bertz CT molecular complexity index is 2870. The molecule has 0 bridgehead atoms. The maximum atomic E-state index is 6.79. The summed E-state index contributed by atoms with van der Waals surface area (Å²) in [4.78, 5) is 14.8. The van der Waals surface area contributed by atoms with Crippen molar-refractivity contribution in [2.45, 2.75) is 0 Å². The van der Waals surface area contributed by atoms with Crippen LogP contribution in [0.5, 0.6) is 0 Å². The van der Waals surface area contributed by atoms with Crippen LogP contribution in [0.15, 0.2) is 168 Å². The molecule has 10 rings (SSSR count). The zero-order chi connectivity index (χ0) is 33.0. The van der Waals surface area contributed by atoms with Gasteiger partial charge in [0.05, 0.1) is 11.4 Å². The Morgan fingerprint density at radius 1 is 0.480 bits per heavy atom. The number of para-hydroxylation sites is 1. The fourth-order valence-corrected chi connectivity index (χ4v) is 8.36. The summed E-state index contributed by atoms with van der Waals surface area (Å²) < 4.78 is 9.35. The molecule has 0 spiro atoms. The number of rotatable bonds is 5. The van der Waals surface area contributed by atoms with Gasteiger partial charge in [0.2, 0.25) is 0 Å². The molecular formula is C45H27N3OS. The van der Waals surface area contributed by atoms with Crippen LogP contribution in [0.4, 0.5) is 0 Å². The molecule has 6 aromatic carbocycles. The van der Waals surface area contributed by atoms with E-state index in [9.17, 15) is 0 Å². The van der Waals surface area contributed by atoms with Gasteiger partial charge in [0, 0.05) is 71.2 Å². The highest BCUT2D eigenvalue weighted by molar-refractivity contribution is 7.26. The molecule has 234 valence electrons. The van der Waals surface area contributed by atoms with Gasteiger partial charge in [0.1, 0.15) is 11.2 Å². The zero-order valence-electron chi connectivity index (χ0n) is 26.7. The predicted octanol–water partition coefficient (Wildman–Crippen LogP) is 12.5. The van der Waals surface area contributed by atoms with Gasteiger partial charge in [0.15, 0.2) is 5.82 Å². The number of thiophene rings is 1. The highest BCUT2D eigenvalue weighted by Crippen LogP contribution is 2.46. The minimum Gasteiger partial charge on any atom is -0.455 e. The van der Waals surface area contributed by atoms with E-state index in [4.69, 9.17) is 14.4 Å². The maximum absolute atomic E-state index is 6.79. The molecule has 0 unspecified atom stereocenters. The van der Waals surface area contributed by atoms with Crippen molar-refractivity contribution >= 4 is 53.4 Å². The number of fused-ring (bicyclic) bond motifs is 6. The van der Waals surface area contributed by atoms with Crippen molar-refractivity contribution in [2.24, 2.45) is 0 Å². The average Bonchev–Trinajstić information content (AvgIpc) is 3.77. The van der Waals surface area contributed by atoms with Gasteiger partial charge in [-0.15, -0.1) is 11.3 Å². The fourth-order valence-electron chi connectivity index (χ4n) is 7.13. The summed E-state index contributed by atoms with van der Waals surface area (Å²) in [6.07, 6.45) is 3.69. The first kappa shape index (κ1) is 28.6. The normalized spacial score (nSPS) is 11.6. The first-order valence-corrected chi connectivity index (χ1v) is 17.4. The van der Waals surface area contributed by atoms with E-state index in [1.54, 1.807) is 6.20 Å². The Morgan fingerprint density at radius 3 is 2.02 bits per heavy atom. The van der Waals surface area contributed by atoms with Gasteiger partial charge in [-0.3, -0.25) is 4.98 Å². The highest BCUT2D eigenvalue weighted by atomic mass is 32.1. The molecule has 0 aliphatic carbocycles. The van der Waals surface area contributed by atoms with Crippen LogP contribution in [0, 0.1) is 0 Å². The second-order valence-electron chi connectivity index (χ2n) is 12.4. The lowest BCUT2D eigenvalue weighted by atomic mass is 9.94. The van der Waals surface area contributed by atoms with Crippen molar-refractivity contribution in [1.29, 1.82) is 0 Å². The Morgan fingerprint density at radius 2 is 1.16 bits per heavy atom. The topological polar surface area (TPSA) is 51.8 Å². The van der Waals surface area contributed by atoms with Crippen molar-refractivity contribution in [3.8, 4) is 56.2 Å². The van der Waals surface area contributed by atoms with Crippen molar-refractivity contribution in [3.63, 3.8) is 0 Å². The van der Waals surface area contributed by atoms with Crippen molar-refractivity contribution in [2.75, 3.05) is 0 Å². The Kier molecular flexibility index (Phi) is 6.64. The summed E-state index contributed by atoms with van der Waals surface area (Å²) in [6, 6.07) is 52.7. The van der Waals surface area contributed by atoms with Crippen LogP contribution < -0.4 is 0 Å². The minimum absolute atomic E-state index is 0.655. The average molecular weight is 658 g/mol. The second kappa shape index (κ2) is 11.6. The van der Waals surface area contributed by atoms with E-state index in [1.165, 1.54) is 25.7 Å². The quantitative estimate of drug-likeness (QED) is 0.185. The third-order valence-corrected chi connectivity index (χ3v) is 10.7. The molecule has 0 saturated heterocycles. The Balaban J connectivity index is 1.25. The fraction of sp³-hybridized carbons (Fsp3) is 0. The summed E-state index contributed by atoms with van der Waals surface area (Å²) in [7, 11) is 0. The molecule has 10 aromatic rings. The molecule has 0 atom stereocenters. The van der Waals surface area contributed by atoms with Crippen LogP contribution >= 0.6 is 11.3 Å². The summed E-state index contributed by atoms with van der Waals surface area (Å²) in [6.45, 7) is 0. The van der Waals surface area contributed by atoms with Gasteiger partial charge in [-0.05, 0) is 41.5 Å². The predicted molar refractivity (Wildman–Crippen MR) is 207 cm³/mol. The zero-order valence-corrected chi connectivity index (χ0v) is 27.6. The number of hydrogen-bond donors (Lipinski definition) is 0. The maximum Gasteiger partial charge on any atom is 0.160 e. The van der Waals surface area contributed by atoms with Gasteiger partial charge in [0.25, 0.3) is 0 Å². The highest BCUT2D eigenvalue weighted by Gasteiger charge is 2.22. The smallest absolute Gasteiger partial charge is 0.160 e. The molecule has 0 aliphatic heterocycles. The number of hydrogen-bond acceptors (Lipinski definition) is 5. The largest absolute Gasteiger partial charge is 0.455 e. The van der Waals surface area contributed by atoms with E-state index in [-0.39, 0.29) is 0 Å². The lowest BCUT2D eigenvalue weighted by Crippen LogP contribution is -1.97. The van der Waals surface area contributed by atoms with Crippen LogP contribution in [0.25, 0.3) is 98.3 Å². The summed E-state index contributed by atoms with van der Waals surface area (Å²) >= 11 is 1.84. The number of aromatic nitrogens is 3. The third-order valence-electron chi connectivity index (χ3n) is 9.43. The van der Waals surface area contributed by atoms with Crippen LogP contribution in [-0.2, 0) is 0 Å².